The van der Waals surface area contributed by atoms with E-state index in [0.717, 1.165) is 11.1 Å². The topological polar surface area (TPSA) is 26.3 Å². The van der Waals surface area contributed by atoms with Crippen molar-refractivity contribution in [2.45, 2.75) is 19.3 Å². The van der Waals surface area contributed by atoms with E-state index in [-0.39, 0.29) is 17.3 Å². The van der Waals surface area contributed by atoms with Gasteiger partial charge in [0.1, 0.15) is 5.78 Å². The number of Topliss-reactive ketones (excluding diaryl/α,β-unsaturated/α-hetero) is 1. The molecule has 0 saturated heterocycles. The molecule has 0 spiro atoms. The molecule has 0 fully saturated rings. The molecule has 14 heavy (non-hydrogen) atoms. The lowest BCUT2D eigenvalue weighted by molar-refractivity contribution is -0.118. The molecule has 2 rings (SSSR count). The van der Waals surface area contributed by atoms with Gasteiger partial charge in [0.15, 0.2) is 11.6 Å². The van der Waals surface area contributed by atoms with Crippen LogP contribution in [0.5, 0.6) is 5.75 Å². The number of carbonyl (C=O) groups is 1. The fourth-order valence-corrected chi connectivity index (χ4v) is 1.77. The number of ether oxygens (including phenoxy) is 1. The zero-order valence-electron chi connectivity index (χ0n) is 7.97. The van der Waals surface area contributed by atoms with Crippen LogP contribution in [-0.4, -0.2) is 12.9 Å². The molecule has 0 N–H and O–H groups in total. The second-order valence-corrected chi connectivity index (χ2v) is 3.47. The van der Waals surface area contributed by atoms with Crippen LogP contribution in [-0.2, 0) is 17.6 Å². The third-order valence-electron chi connectivity index (χ3n) is 2.53. The Morgan fingerprint density at radius 3 is 2.79 bits per heavy atom. The monoisotopic (exact) mass is 194 g/mol. The minimum absolute atomic E-state index is 0.182. The molecule has 0 amide bonds. The van der Waals surface area contributed by atoms with Crippen LogP contribution in [0, 0.1) is 5.82 Å². The molecule has 0 saturated carbocycles. The van der Waals surface area contributed by atoms with Gasteiger partial charge in [-0.05, 0) is 29.7 Å². The van der Waals surface area contributed by atoms with Crippen molar-refractivity contribution in [2.75, 3.05) is 7.11 Å². The quantitative estimate of drug-likeness (QED) is 0.682. The van der Waals surface area contributed by atoms with E-state index in [4.69, 9.17) is 4.74 Å². The maximum Gasteiger partial charge on any atom is 0.165 e. The summed E-state index contributed by atoms with van der Waals surface area (Å²) in [5.74, 6) is 0.0566. The summed E-state index contributed by atoms with van der Waals surface area (Å²) in [6.45, 7) is 0. The molecule has 0 radical (unpaired) electrons. The van der Waals surface area contributed by atoms with Crippen LogP contribution in [0.2, 0.25) is 0 Å². The summed E-state index contributed by atoms with van der Waals surface area (Å²) in [5.41, 5.74) is 1.84. The lowest BCUT2D eigenvalue weighted by atomic mass is 9.90. The van der Waals surface area contributed by atoms with Gasteiger partial charge in [0.2, 0.25) is 0 Å². The van der Waals surface area contributed by atoms with Gasteiger partial charge >= 0.3 is 0 Å². The van der Waals surface area contributed by atoms with Gasteiger partial charge < -0.3 is 4.74 Å². The summed E-state index contributed by atoms with van der Waals surface area (Å²) in [6.07, 6.45) is 1.61. The first-order valence-corrected chi connectivity index (χ1v) is 4.57. The molecule has 2 nitrogen and oxygen atoms in total. The van der Waals surface area contributed by atoms with Crippen molar-refractivity contribution in [1.29, 1.82) is 0 Å². The highest BCUT2D eigenvalue weighted by Crippen LogP contribution is 2.26. The average molecular weight is 194 g/mol. The molecule has 1 aromatic carbocycles. The van der Waals surface area contributed by atoms with Crippen LogP contribution >= 0.6 is 0 Å². The van der Waals surface area contributed by atoms with Gasteiger partial charge in [-0.2, -0.15) is 0 Å². The van der Waals surface area contributed by atoms with Gasteiger partial charge in [-0.1, -0.05) is 0 Å². The van der Waals surface area contributed by atoms with Crippen molar-refractivity contribution < 1.29 is 13.9 Å². The molecule has 1 aromatic rings. The summed E-state index contributed by atoms with van der Waals surface area (Å²) in [7, 11) is 1.44. The van der Waals surface area contributed by atoms with Crippen LogP contribution < -0.4 is 4.74 Å². The molecule has 1 aliphatic rings. The highest BCUT2D eigenvalue weighted by atomic mass is 19.1. The lowest BCUT2D eigenvalue weighted by Crippen LogP contribution is -2.13. The van der Waals surface area contributed by atoms with Crippen LogP contribution in [0.1, 0.15) is 17.5 Å². The highest BCUT2D eigenvalue weighted by Gasteiger charge is 2.18. The normalized spacial score (nSPS) is 15.1. The number of rotatable bonds is 1. The van der Waals surface area contributed by atoms with Gasteiger partial charge in [0.25, 0.3) is 0 Å². The van der Waals surface area contributed by atoms with E-state index < -0.39 is 0 Å². The molecule has 3 heteroatoms. The largest absolute Gasteiger partial charge is 0.494 e. The maximum atomic E-state index is 13.3. The fraction of sp³-hybridized carbons (Fsp3) is 0.364. The summed E-state index contributed by atoms with van der Waals surface area (Å²) in [4.78, 5) is 11.1. The first-order valence-electron chi connectivity index (χ1n) is 4.57. The van der Waals surface area contributed by atoms with Crippen molar-refractivity contribution >= 4 is 5.78 Å². The van der Waals surface area contributed by atoms with E-state index in [1.165, 1.54) is 13.2 Å². The number of methoxy groups -OCH3 is 1. The Kier molecular flexibility index (Phi) is 2.23. The number of hydrogen-bond donors (Lipinski definition) is 0. The van der Waals surface area contributed by atoms with Crippen LogP contribution in [0.3, 0.4) is 0 Å². The third-order valence-corrected chi connectivity index (χ3v) is 2.53. The summed E-state index contributed by atoms with van der Waals surface area (Å²) in [5, 5.41) is 0. The Morgan fingerprint density at radius 1 is 1.29 bits per heavy atom. The molecule has 0 bridgehead atoms. The van der Waals surface area contributed by atoms with Gasteiger partial charge in [-0.25, -0.2) is 4.39 Å². The van der Waals surface area contributed by atoms with E-state index in [9.17, 15) is 9.18 Å². The molecular formula is C11H11FO2. The Morgan fingerprint density at radius 2 is 2.07 bits per heavy atom. The summed E-state index contributed by atoms with van der Waals surface area (Å²) in [6, 6.07) is 3.10. The number of hydrogen-bond acceptors (Lipinski definition) is 2. The number of carbonyl (C=O) groups excluding carboxylic acids is 1. The first-order chi connectivity index (χ1) is 6.70. The zero-order chi connectivity index (χ0) is 10.1. The van der Waals surface area contributed by atoms with Crippen molar-refractivity contribution in [2.24, 2.45) is 0 Å². The molecular weight excluding hydrogens is 183 g/mol. The number of ketones is 1. The zero-order valence-corrected chi connectivity index (χ0v) is 7.97. The van der Waals surface area contributed by atoms with Crippen molar-refractivity contribution in [3.63, 3.8) is 0 Å². The Bertz CT molecular complexity index is 385. The number of benzene rings is 1. The van der Waals surface area contributed by atoms with Gasteiger partial charge in [0.05, 0.1) is 7.11 Å². The van der Waals surface area contributed by atoms with Crippen molar-refractivity contribution in [1.82, 2.24) is 0 Å². The average Bonchev–Trinajstić information content (AvgIpc) is 2.16. The van der Waals surface area contributed by atoms with Crippen LogP contribution in [0.4, 0.5) is 4.39 Å². The van der Waals surface area contributed by atoms with Gasteiger partial charge in [-0.15, -0.1) is 0 Å². The number of aryl methyl sites for hydroxylation is 1. The van der Waals surface area contributed by atoms with Gasteiger partial charge in [-0.3, -0.25) is 4.79 Å². The Balaban J connectivity index is 2.45. The molecule has 0 unspecified atom stereocenters. The minimum Gasteiger partial charge on any atom is -0.494 e. The Hall–Kier alpha value is -1.38. The molecule has 0 atom stereocenters. The van der Waals surface area contributed by atoms with Crippen molar-refractivity contribution in [3.05, 3.63) is 29.1 Å². The summed E-state index contributed by atoms with van der Waals surface area (Å²) >= 11 is 0. The van der Waals surface area contributed by atoms with Crippen molar-refractivity contribution in [3.8, 4) is 5.75 Å². The van der Waals surface area contributed by atoms with Gasteiger partial charge in [0, 0.05) is 12.8 Å². The first kappa shape index (κ1) is 9.19. The Labute approximate surface area is 81.7 Å². The number of fused-ring (bicyclic) bond motifs is 1. The lowest BCUT2D eigenvalue weighted by Gasteiger charge is -2.16. The minimum atomic E-state index is -0.388. The molecule has 74 valence electrons. The maximum absolute atomic E-state index is 13.3. The molecule has 0 aromatic heterocycles. The fourth-order valence-electron chi connectivity index (χ4n) is 1.77. The summed E-state index contributed by atoms with van der Waals surface area (Å²) < 4.78 is 18.1. The molecule has 0 heterocycles. The standard InChI is InChI=1S/C11H11FO2/c1-14-11-6-7-2-3-9(13)4-8(7)5-10(11)12/h5-6H,2-4H2,1H3. The predicted molar refractivity (Wildman–Crippen MR) is 50.0 cm³/mol. The SMILES string of the molecule is COc1cc2c(cc1F)CC(=O)CC2. The van der Waals surface area contributed by atoms with E-state index in [1.807, 2.05) is 0 Å². The van der Waals surface area contributed by atoms with E-state index in [1.54, 1.807) is 6.07 Å². The van der Waals surface area contributed by atoms with E-state index in [0.29, 0.717) is 19.3 Å². The highest BCUT2D eigenvalue weighted by molar-refractivity contribution is 5.83. The molecule has 1 aliphatic carbocycles. The van der Waals surface area contributed by atoms with E-state index >= 15 is 0 Å². The third kappa shape index (κ3) is 1.50. The predicted octanol–water partition coefficient (Wildman–Crippen LogP) is 1.89. The second kappa shape index (κ2) is 3.40. The smallest absolute Gasteiger partial charge is 0.165 e. The van der Waals surface area contributed by atoms with Crippen LogP contribution in [0.25, 0.3) is 0 Å². The van der Waals surface area contributed by atoms with Crippen LogP contribution in [0.15, 0.2) is 12.1 Å². The second-order valence-electron chi connectivity index (χ2n) is 3.47. The number of halogens is 1. The van der Waals surface area contributed by atoms with E-state index in [2.05, 4.69) is 0 Å². The molecule has 0 aliphatic heterocycles.